The lowest BCUT2D eigenvalue weighted by Crippen LogP contribution is -2.56. The SMILES string of the molecule is CCCc1cccc(C)c1.COC(=O)C1(NC(=O)c2ccc(OC)c(OCCc3cccc(C)c3)c2)Cc2ccccc2C1.COC(=O)C1(NCl)Cc2ccccc2C1.COC(=O)c1ccc(OC)c(O)c1.COc1ccc(C(=O)NC2(C(=O)O)Cc3ccccc3C2)cc1OCCc1cccc(C)c1.COc1ccc(C(=O)O)cc1OCCc1cccc(C)c1.Cc1cccc(CCO)c1. The number of rotatable bonds is 30. The number of phenolic OH excluding ortho intramolecular Hbond substituents is 1. The van der Waals surface area contributed by atoms with Crippen LogP contribution in [0.1, 0.15) is 144 Å². The number of fused-ring (bicyclic) bond motifs is 3. The summed E-state index contributed by atoms with van der Waals surface area (Å²) in [5.41, 5.74) is 16.5. The van der Waals surface area contributed by atoms with Crippen molar-refractivity contribution < 1.29 is 101 Å². The van der Waals surface area contributed by atoms with Crippen molar-refractivity contribution in [3.8, 4) is 46.0 Å². The second kappa shape index (κ2) is 52.3. The number of carboxylic acid groups (broad SMARTS) is 2. The number of aryl methyl sites for hydroxylation is 6. The fourth-order valence-electron chi connectivity index (χ4n) is 16.0. The number of ether oxygens (including phenoxy) is 10. The van der Waals surface area contributed by atoms with E-state index in [2.05, 4.69) is 115 Å². The summed E-state index contributed by atoms with van der Waals surface area (Å²) in [4.78, 5) is 87.5. The van der Waals surface area contributed by atoms with Crippen molar-refractivity contribution in [3.63, 3.8) is 0 Å². The molecule has 3 aliphatic rings. The Morgan fingerprint density at radius 3 is 0.934 bits per heavy atom. The average molecular weight is 1870 g/mol. The van der Waals surface area contributed by atoms with E-state index in [4.69, 9.17) is 64.6 Å². The van der Waals surface area contributed by atoms with E-state index in [9.17, 15) is 43.8 Å². The van der Waals surface area contributed by atoms with Crippen LogP contribution in [-0.4, -0.2) is 155 Å². The predicted molar refractivity (Wildman–Crippen MR) is 526 cm³/mol. The van der Waals surface area contributed by atoms with Crippen molar-refractivity contribution in [2.75, 3.05) is 76.2 Å². The molecule has 0 bridgehead atoms. The first-order chi connectivity index (χ1) is 65.5. The van der Waals surface area contributed by atoms with E-state index in [-0.39, 0.29) is 42.6 Å². The van der Waals surface area contributed by atoms with Crippen molar-refractivity contribution in [1.82, 2.24) is 15.5 Å². The van der Waals surface area contributed by atoms with Gasteiger partial charge < -0.3 is 78.4 Å². The van der Waals surface area contributed by atoms with Gasteiger partial charge in [0.15, 0.2) is 46.0 Å². The lowest BCUT2D eigenvalue weighted by Gasteiger charge is -2.27. The number of hydrogen-bond acceptors (Lipinski definition) is 20. The molecule has 0 heterocycles. The van der Waals surface area contributed by atoms with Crippen molar-refractivity contribution in [1.29, 1.82) is 0 Å². The molecule has 0 spiro atoms. The molecule has 0 atom stereocenters. The van der Waals surface area contributed by atoms with Crippen LogP contribution in [0.4, 0.5) is 0 Å². The number of aliphatic hydroxyl groups excluding tert-OH is 1. The molecule has 24 nitrogen and oxygen atoms in total. The van der Waals surface area contributed by atoms with Gasteiger partial charge in [0.2, 0.25) is 0 Å². The summed E-state index contributed by atoms with van der Waals surface area (Å²) in [6, 6.07) is 83.6. The third kappa shape index (κ3) is 30.3. The van der Waals surface area contributed by atoms with Crippen LogP contribution >= 0.6 is 11.8 Å². The largest absolute Gasteiger partial charge is 0.504 e. The number of aromatic carboxylic acids is 1. The Morgan fingerprint density at radius 2 is 0.632 bits per heavy atom. The number of carbonyl (C=O) groups is 7. The Morgan fingerprint density at radius 1 is 0.331 bits per heavy atom. The van der Waals surface area contributed by atoms with E-state index < -0.39 is 46.4 Å². The van der Waals surface area contributed by atoms with Crippen LogP contribution in [0.25, 0.3) is 0 Å². The second-order valence-electron chi connectivity index (χ2n) is 33.1. The lowest BCUT2D eigenvalue weighted by molar-refractivity contribution is -0.148. The third-order valence-electron chi connectivity index (χ3n) is 22.9. The molecule has 714 valence electrons. The van der Waals surface area contributed by atoms with Crippen molar-refractivity contribution >= 4 is 53.4 Å². The van der Waals surface area contributed by atoms with E-state index in [1.54, 1.807) is 49.6 Å². The summed E-state index contributed by atoms with van der Waals surface area (Å²) in [6.07, 6.45) is 7.84. The number of phenols is 1. The monoisotopic (exact) mass is 1870 g/mol. The van der Waals surface area contributed by atoms with Gasteiger partial charge in [-0.3, -0.25) is 9.59 Å². The molecular weight excluding hydrogens is 1750 g/mol. The average Bonchev–Trinajstić information content (AvgIpc) is 1.60. The van der Waals surface area contributed by atoms with Gasteiger partial charge in [0, 0.05) is 75.5 Å². The molecule has 2 amide bonds. The minimum Gasteiger partial charge on any atom is -0.504 e. The Bertz CT molecular complexity index is 5910. The summed E-state index contributed by atoms with van der Waals surface area (Å²) in [7, 11) is 10.1. The van der Waals surface area contributed by atoms with Crippen LogP contribution in [0.3, 0.4) is 0 Å². The Kier molecular flexibility index (Phi) is 40.4. The molecule has 15 rings (SSSR count). The van der Waals surface area contributed by atoms with Crippen molar-refractivity contribution in [3.05, 3.63) is 378 Å². The molecule has 136 heavy (non-hydrogen) atoms. The number of methoxy groups -OCH3 is 7. The summed E-state index contributed by atoms with van der Waals surface area (Å²) in [6.45, 7) is 14.1. The molecule has 0 saturated carbocycles. The number of aliphatic carboxylic acids is 1. The standard InChI is InChI=1S/C28H29NO5.C27H27NO5.C17H18O4.C11H12ClNO2.C10H14.C9H10O4.C9H12O/c1-19-7-6-8-20(15-19)13-14-34-25-16-21(11-12-24(25)32-2)26(30)29-28(27(31)33-3)17-22-9-4-5-10-23(22)18-28;1-18-6-5-7-19(14-18)12-13-33-24-15-20(10-11-23(24)32-2)25(29)28-27(26(30)31)16-21-8-3-4-9-22(21)17-27;1-12-4-3-5-13(10-12)8-9-21-16-11-14(17(18)19)6-7-15(16)20-2;1-15-10(14)11(13-12)6-8-4-2-3-5-9(8)7-11;1-3-5-10-7-4-6-9(2)8-10;1-12-8-4-3-6(5-7(8)10)9(11)13-2;1-8-3-2-4-9(7-8)5-6-10/h4-12,15-16H,13-14,17-18H2,1-3H3,(H,29,30);3-11,14-15H,12-13,16-17H2,1-2H3,(H,28,29)(H,30,31);3-7,10-11H,8-9H2,1-2H3,(H,18,19);2-5,13H,6-7H2,1H3;4,6-8H,3,5H2,1-2H3;3-5,10H,1-2H3;2-4,7,10H,5-6H2,1H3. The first-order valence-electron chi connectivity index (χ1n) is 44.6. The van der Waals surface area contributed by atoms with Crippen molar-refractivity contribution in [2.24, 2.45) is 0 Å². The molecule has 3 aliphatic carbocycles. The molecule has 0 fully saturated rings. The van der Waals surface area contributed by atoms with Crippen LogP contribution in [0, 0.1) is 34.6 Å². The van der Waals surface area contributed by atoms with Crippen LogP contribution in [-0.2, 0) is 99.2 Å². The summed E-state index contributed by atoms with van der Waals surface area (Å²) in [5.74, 6) is -0.924. The van der Waals surface area contributed by atoms with Gasteiger partial charge in [-0.1, -0.05) is 235 Å². The minimum absolute atomic E-state index is 0.0783. The highest BCUT2D eigenvalue weighted by atomic mass is 35.5. The molecule has 0 aliphatic heterocycles. The second-order valence-corrected chi connectivity index (χ2v) is 33.3. The molecule has 0 aromatic heterocycles. The maximum atomic E-state index is 13.2. The quantitative estimate of drug-likeness (QED) is 0.0125. The molecule has 12 aromatic carbocycles. The molecule has 7 N–H and O–H groups in total. The van der Waals surface area contributed by atoms with E-state index in [0.29, 0.717) is 109 Å². The Balaban J connectivity index is 0.000000187. The molecular formula is C111H122ClN3O21. The number of esters is 3. The number of nitrogens with one attached hydrogen (secondary N) is 3. The first-order valence-corrected chi connectivity index (χ1v) is 45.0. The Hall–Kier alpha value is -14.5. The van der Waals surface area contributed by atoms with E-state index >= 15 is 0 Å². The van der Waals surface area contributed by atoms with Gasteiger partial charge in [-0.2, -0.15) is 0 Å². The van der Waals surface area contributed by atoms with Crippen LogP contribution in [0.15, 0.2) is 267 Å². The van der Waals surface area contributed by atoms with Crippen LogP contribution in [0.5, 0.6) is 46.0 Å². The van der Waals surface area contributed by atoms with Gasteiger partial charge in [0.1, 0.15) is 16.6 Å². The van der Waals surface area contributed by atoms with Gasteiger partial charge in [-0.15, -0.1) is 0 Å². The number of aliphatic hydroxyl groups is 1. The number of halogens is 1. The van der Waals surface area contributed by atoms with Crippen LogP contribution < -0.4 is 48.6 Å². The number of hydrogen-bond donors (Lipinski definition) is 7. The molecule has 12 aromatic rings. The smallest absolute Gasteiger partial charge is 0.337 e. The fraction of sp³-hybridized carbons (Fsp3) is 0.288. The normalized spacial score (nSPS) is 12.6. The molecule has 0 saturated heterocycles. The number of carboxylic acids is 2. The zero-order valence-corrected chi connectivity index (χ0v) is 80.1. The third-order valence-corrected chi connectivity index (χ3v) is 23.3. The van der Waals surface area contributed by atoms with E-state index in [1.807, 2.05) is 141 Å². The zero-order chi connectivity index (χ0) is 98.3. The zero-order valence-electron chi connectivity index (χ0n) is 79.3. The number of aromatic hydroxyl groups is 1. The van der Waals surface area contributed by atoms with Crippen molar-refractivity contribution in [2.45, 2.75) is 135 Å². The predicted octanol–water partition coefficient (Wildman–Crippen LogP) is 18.5. The Labute approximate surface area is 801 Å². The molecule has 25 heteroatoms. The lowest BCUT2D eigenvalue weighted by atomic mass is 9.95. The maximum Gasteiger partial charge on any atom is 0.337 e. The fourth-order valence-corrected chi connectivity index (χ4v) is 16.2. The van der Waals surface area contributed by atoms with Gasteiger partial charge in [-0.05, 0) is 193 Å². The number of benzene rings is 12. The first kappa shape index (κ1) is 105. The molecule has 0 radical (unpaired) electrons. The highest BCUT2D eigenvalue weighted by molar-refractivity contribution is 6.15. The summed E-state index contributed by atoms with van der Waals surface area (Å²) < 4.78 is 52.7. The topological polar surface area (TPSA) is 329 Å². The van der Waals surface area contributed by atoms with Gasteiger partial charge in [-0.25, -0.2) is 28.8 Å². The summed E-state index contributed by atoms with van der Waals surface area (Å²) in [5, 5.41) is 42.6. The van der Waals surface area contributed by atoms with Gasteiger partial charge in [0.25, 0.3) is 11.8 Å². The minimum atomic E-state index is -1.37. The maximum absolute atomic E-state index is 13.2. The highest BCUT2D eigenvalue weighted by Crippen LogP contribution is 2.38. The number of carbonyl (C=O) groups excluding carboxylic acids is 5. The highest BCUT2D eigenvalue weighted by Gasteiger charge is 2.48. The van der Waals surface area contributed by atoms with Gasteiger partial charge >= 0.3 is 29.8 Å². The summed E-state index contributed by atoms with van der Waals surface area (Å²) >= 11 is 5.68. The van der Waals surface area contributed by atoms with E-state index in [1.165, 1.54) is 136 Å². The van der Waals surface area contributed by atoms with E-state index in [0.717, 1.165) is 58.2 Å². The van der Waals surface area contributed by atoms with Gasteiger partial charge in [0.05, 0.1) is 80.7 Å². The molecule has 0 unspecified atom stereocenters. The number of amides is 2. The van der Waals surface area contributed by atoms with Crippen LogP contribution in [0.2, 0.25) is 0 Å².